The third kappa shape index (κ3) is 0.562. The summed E-state index contributed by atoms with van der Waals surface area (Å²) < 4.78 is 0. The van der Waals surface area contributed by atoms with Gasteiger partial charge in [0, 0.05) is 0 Å². The zero-order valence-electron chi connectivity index (χ0n) is 8.51. The predicted octanol–water partition coefficient (Wildman–Crippen LogP) is 2.19. The molecule has 0 saturated heterocycles. The highest BCUT2D eigenvalue weighted by molar-refractivity contribution is 5.31. The van der Waals surface area contributed by atoms with Gasteiger partial charge in [-0.05, 0) is 54.3 Å². The molecule has 0 aliphatic heterocycles. The third-order valence-electron chi connectivity index (χ3n) is 5.72. The van der Waals surface area contributed by atoms with Gasteiger partial charge in [-0.3, -0.25) is 0 Å². The van der Waals surface area contributed by atoms with Crippen molar-refractivity contribution in [2.45, 2.75) is 45.1 Å². The Morgan fingerprint density at radius 3 is 2.54 bits per heavy atom. The lowest BCUT2D eigenvalue weighted by Gasteiger charge is -2.53. The van der Waals surface area contributed by atoms with Gasteiger partial charge in [-0.2, -0.15) is 0 Å². The van der Waals surface area contributed by atoms with Crippen LogP contribution in [0.4, 0.5) is 0 Å². The Hall–Kier alpha value is -0.0400. The maximum absolute atomic E-state index is 10.6. The summed E-state index contributed by atoms with van der Waals surface area (Å²) in [6.45, 7) is 4.83. The van der Waals surface area contributed by atoms with Crippen LogP contribution in [0.3, 0.4) is 0 Å². The first kappa shape index (κ1) is 7.28. The van der Waals surface area contributed by atoms with Gasteiger partial charge in [-0.25, -0.2) is 0 Å². The monoisotopic (exact) mass is 178 g/mol. The molecule has 0 heterocycles. The quantitative estimate of drug-likeness (QED) is 0.603. The molecule has 72 valence electrons. The minimum Gasteiger partial charge on any atom is -0.390 e. The van der Waals surface area contributed by atoms with Crippen molar-refractivity contribution in [2.24, 2.45) is 28.6 Å². The first-order valence-corrected chi connectivity index (χ1v) is 5.69. The molecule has 2 unspecified atom stereocenters. The molecule has 1 N–H and O–H groups in total. The zero-order chi connectivity index (χ0) is 9.06. The molecule has 0 radical (unpaired) electrons. The van der Waals surface area contributed by atoms with Crippen molar-refractivity contribution in [1.82, 2.24) is 0 Å². The molecule has 0 amide bonds. The van der Waals surface area contributed by atoms with Crippen molar-refractivity contribution >= 4 is 0 Å². The second-order valence-electron chi connectivity index (χ2n) is 6.95. The maximum Gasteiger partial charge on any atom is 0.0692 e. The van der Waals surface area contributed by atoms with E-state index in [-0.39, 0.29) is 5.60 Å². The van der Waals surface area contributed by atoms with E-state index < -0.39 is 0 Å². The van der Waals surface area contributed by atoms with Gasteiger partial charge in [0.05, 0.1) is 5.60 Å². The van der Waals surface area contributed by atoms with Crippen LogP contribution in [0.1, 0.15) is 39.5 Å². The van der Waals surface area contributed by atoms with E-state index in [0.29, 0.717) is 16.7 Å². The normalized spacial score (nSPS) is 77.3. The van der Waals surface area contributed by atoms with E-state index in [1.807, 2.05) is 0 Å². The summed E-state index contributed by atoms with van der Waals surface area (Å²) in [5, 5.41) is 10.6. The summed E-state index contributed by atoms with van der Waals surface area (Å²) in [4.78, 5) is 0. The number of hydrogen-bond donors (Lipinski definition) is 1. The van der Waals surface area contributed by atoms with E-state index in [2.05, 4.69) is 13.8 Å². The highest BCUT2D eigenvalue weighted by Crippen LogP contribution is 2.85. The van der Waals surface area contributed by atoms with Crippen LogP contribution in [0.2, 0.25) is 0 Å². The van der Waals surface area contributed by atoms with Gasteiger partial charge in [-0.15, -0.1) is 0 Å². The Bertz CT molecular complexity index is 310. The molecule has 5 fully saturated rings. The SMILES string of the molecule is C[C@@]12C[C@H]3C[C@@](O)(C1)C1C3[C@]1(C)C2. The summed E-state index contributed by atoms with van der Waals surface area (Å²) in [7, 11) is 0. The molecule has 0 aromatic rings. The zero-order valence-corrected chi connectivity index (χ0v) is 8.51. The molecule has 6 atom stereocenters. The standard InChI is InChI=1S/C12H18O/c1-10-3-7-4-12(13,6-10)9-8(7)11(9,2)5-10/h7-9,13H,3-6H2,1-2H3/t7-,8?,9?,10-,11-,12+/m0/s1. The minimum atomic E-state index is -0.227. The largest absolute Gasteiger partial charge is 0.390 e. The molecule has 5 aliphatic rings. The van der Waals surface area contributed by atoms with Crippen molar-refractivity contribution in [3.05, 3.63) is 0 Å². The van der Waals surface area contributed by atoms with Crippen LogP contribution < -0.4 is 0 Å². The first-order valence-electron chi connectivity index (χ1n) is 5.69. The Morgan fingerprint density at radius 2 is 1.92 bits per heavy atom. The van der Waals surface area contributed by atoms with Crippen LogP contribution in [-0.2, 0) is 0 Å². The summed E-state index contributed by atoms with van der Waals surface area (Å²) in [5.74, 6) is 2.49. The average molecular weight is 178 g/mol. The lowest BCUT2D eigenvalue weighted by Crippen LogP contribution is -2.50. The van der Waals surface area contributed by atoms with Crippen LogP contribution in [0.15, 0.2) is 0 Å². The average Bonchev–Trinajstić information content (AvgIpc) is 2.43. The summed E-state index contributed by atoms with van der Waals surface area (Å²) in [5.41, 5.74) is 0.828. The van der Waals surface area contributed by atoms with Crippen LogP contribution in [0, 0.1) is 28.6 Å². The summed E-state index contributed by atoms with van der Waals surface area (Å²) >= 11 is 0. The molecule has 1 heteroatoms. The number of aliphatic hydroxyl groups is 1. The molecule has 13 heavy (non-hydrogen) atoms. The van der Waals surface area contributed by atoms with E-state index in [1.54, 1.807) is 0 Å². The molecule has 5 saturated carbocycles. The predicted molar refractivity (Wildman–Crippen MR) is 50.1 cm³/mol. The Labute approximate surface area is 79.5 Å². The Kier molecular flexibility index (Phi) is 0.839. The van der Waals surface area contributed by atoms with Gasteiger partial charge in [0.2, 0.25) is 0 Å². The van der Waals surface area contributed by atoms with Crippen LogP contribution in [-0.4, -0.2) is 10.7 Å². The van der Waals surface area contributed by atoms with E-state index >= 15 is 0 Å². The second-order valence-corrected chi connectivity index (χ2v) is 6.95. The van der Waals surface area contributed by atoms with Crippen molar-refractivity contribution in [1.29, 1.82) is 0 Å². The fourth-order valence-corrected chi connectivity index (χ4v) is 6.17. The van der Waals surface area contributed by atoms with Crippen molar-refractivity contribution in [3.8, 4) is 0 Å². The number of hydrogen-bond acceptors (Lipinski definition) is 1. The topological polar surface area (TPSA) is 20.2 Å². The summed E-state index contributed by atoms with van der Waals surface area (Å²) in [6.07, 6.45) is 5.04. The highest BCUT2D eigenvalue weighted by Gasteiger charge is 2.82. The van der Waals surface area contributed by atoms with Crippen LogP contribution >= 0.6 is 0 Å². The first-order chi connectivity index (χ1) is 5.97. The van der Waals surface area contributed by atoms with Gasteiger partial charge >= 0.3 is 0 Å². The fraction of sp³-hybridized carbons (Fsp3) is 1.00. The van der Waals surface area contributed by atoms with Crippen molar-refractivity contribution < 1.29 is 5.11 Å². The van der Waals surface area contributed by atoms with Gasteiger partial charge in [0.25, 0.3) is 0 Å². The van der Waals surface area contributed by atoms with Gasteiger partial charge in [-0.1, -0.05) is 13.8 Å². The molecular weight excluding hydrogens is 160 g/mol. The molecule has 1 nitrogen and oxygen atoms in total. The van der Waals surface area contributed by atoms with Crippen molar-refractivity contribution in [3.63, 3.8) is 0 Å². The Morgan fingerprint density at radius 1 is 1.15 bits per heavy atom. The lowest BCUT2D eigenvalue weighted by atomic mass is 9.54. The Balaban J connectivity index is 1.92. The number of rotatable bonds is 0. The van der Waals surface area contributed by atoms with E-state index in [1.165, 1.54) is 12.8 Å². The van der Waals surface area contributed by atoms with Gasteiger partial charge < -0.3 is 5.11 Å². The van der Waals surface area contributed by atoms with E-state index in [4.69, 9.17) is 0 Å². The van der Waals surface area contributed by atoms with E-state index in [0.717, 1.165) is 24.7 Å². The fourth-order valence-electron chi connectivity index (χ4n) is 6.17. The molecule has 0 aromatic carbocycles. The third-order valence-corrected chi connectivity index (χ3v) is 5.72. The van der Waals surface area contributed by atoms with Crippen molar-refractivity contribution in [2.75, 3.05) is 0 Å². The molecule has 0 spiro atoms. The lowest BCUT2D eigenvalue weighted by molar-refractivity contribution is -0.116. The second kappa shape index (κ2) is 1.50. The van der Waals surface area contributed by atoms with Gasteiger partial charge in [0.15, 0.2) is 0 Å². The molecule has 4 bridgehead atoms. The van der Waals surface area contributed by atoms with Gasteiger partial charge in [0.1, 0.15) is 0 Å². The molecular formula is C12H18O. The molecule has 0 aromatic heterocycles. The minimum absolute atomic E-state index is 0.227. The molecule has 5 aliphatic carbocycles. The van der Waals surface area contributed by atoms with Crippen LogP contribution in [0.5, 0.6) is 0 Å². The smallest absolute Gasteiger partial charge is 0.0692 e. The summed E-state index contributed by atoms with van der Waals surface area (Å²) in [6, 6.07) is 0. The molecule has 5 rings (SSSR count). The van der Waals surface area contributed by atoms with Crippen LogP contribution in [0.25, 0.3) is 0 Å². The maximum atomic E-state index is 10.6. The van der Waals surface area contributed by atoms with E-state index in [9.17, 15) is 5.11 Å². The highest BCUT2D eigenvalue weighted by atomic mass is 16.3.